The van der Waals surface area contributed by atoms with E-state index >= 15 is 0 Å². The van der Waals surface area contributed by atoms with Crippen LogP contribution in [0.1, 0.15) is 7.85 Å². The Bertz CT molecular complexity index is 150. The molecule has 1 atom stereocenters. The van der Waals surface area contributed by atoms with Gasteiger partial charge in [-0.25, -0.2) is 0 Å². The van der Waals surface area contributed by atoms with Gasteiger partial charge in [-0.15, -0.1) is 12.6 Å². The van der Waals surface area contributed by atoms with Crippen molar-refractivity contribution in [3.05, 3.63) is 0 Å². The van der Waals surface area contributed by atoms with Crippen LogP contribution >= 0.6 is 12.6 Å². The van der Waals surface area contributed by atoms with Crippen LogP contribution in [0.3, 0.4) is 0 Å². The van der Waals surface area contributed by atoms with Crippen molar-refractivity contribution in [3.63, 3.8) is 0 Å². The number of aliphatic hydroxyl groups is 1. The molecule has 0 aliphatic carbocycles. The number of carbonyl (C=O) groups is 2. The zero-order valence-corrected chi connectivity index (χ0v) is 13.3. The molecule has 0 aliphatic rings. The first kappa shape index (κ1) is 23.6. The minimum absolute atomic E-state index is 0. The van der Waals surface area contributed by atoms with Gasteiger partial charge in [-0.3, -0.25) is 9.59 Å². The van der Waals surface area contributed by atoms with Crippen LogP contribution in [-0.2, 0) is 54.3 Å². The third-order valence-corrected chi connectivity index (χ3v) is 0.951. The minimum Gasteiger partial charge on any atom is -1.00 e. The first-order valence-electron chi connectivity index (χ1n) is 2.16. The second-order valence-corrected chi connectivity index (χ2v) is 1.89. The monoisotopic (exact) mass is 568 g/mol. The van der Waals surface area contributed by atoms with Gasteiger partial charge in [-0.05, 0) is 0 Å². The molecule has 0 saturated carbocycles. The molecule has 12 heavy (non-hydrogen) atoms. The van der Waals surface area contributed by atoms with E-state index in [-0.39, 0.29) is 75.7 Å². The fraction of sp³-hybridized carbons (Fsp3) is 0.500. The largest absolute Gasteiger partial charge is 1.00 e. The number of thiol groups is 1. The van der Waals surface area contributed by atoms with Crippen molar-refractivity contribution >= 4 is 23.7 Å². The standard InChI is InChI=1S/C4H6O4S.2Au.Na.H/c5-2(4(8)9)1-3(6)7;;;;/h2,5H,1H2,(H,6,7)(H,8,9);;;;/q;;;+1;-1. The van der Waals surface area contributed by atoms with Crippen LogP contribution in [0, 0.1) is 0 Å². The molecule has 8 heteroatoms. The summed E-state index contributed by atoms with van der Waals surface area (Å²) in [7, 11) is 0. The number of carboxylic acids is 1. The van der Waals surface area contributed by atoms with Gasteiger partial charge in [0.2, 0.25) is 5.12 Å². The number of hydrogen-bond donors (Lipinski definition) is 3. The van der Waals surface area contributed by atoms with Crippen LogP contribution < -0.4 is 29.6 Å². The predicted octanol–water partition coefficient (Wildman–Crippen LogP) is -3.61. The molecule has 2 radical (unpaired) electrons. The molecule has 0 amide bonds. The van der Waals surface area contributed by atoms with Crippen LogP contribution in [0.4, 0.5) is 0 Å². The van der Waals surface area contributed by atoms with E-state index in [2.05, 4.69) is 12.6 Å². The summed E-state index contributed by atoms with van der Waals surface area (Å²) in [4.78, 5) is 19.8. The van der Waals surface area contributed by atoms with E-state index in [9.17, 15) is 9.59 Å². The maximum Gasteiger partial charge on any atom is 1.00 e. The summed E-state index contributed by atoms with van der Waals surface area (Å²) in [5, 5.41) is 15.7. The number of carbonyl (C=O) groups excluding carboxylic acids is 1. The third kappa shape index (κ3) is 14.5. The average molecular weight is 568 g/mol. The van der Waals surface area contributed by atoms with Crippen LogP contribution in [-0.4, -0.2) is 27.4 Å². The Morgan fingerprint density at radius 2 is 1.75 bits per heavy atom. The molecular formula is C4H7Au2NaO4S. The smallest absolute Gasteiger partial charge is 1.00 e. The molecule has 0 bridgehead atoms. The molecule has 2 N–H and O–H groups in total. The molecule has 0 saturated heterocycles. The van der Waals surface area contributed by atoms with Crippen molar-refractivity contribution in [1.82, 2.24) is 0 Å². The van der Waals surface area contributed by atoms with Gasteiger partial charge >= 0.3 is 35.5 Å². The van der Waals surface area contributed by atoms with Crippen LogP contribution in [0.5, 0.6) is 0 Å². The molecule has 0 spiro atoms. The Hall–Kier alpha value is 1.93. The summed E-state index contributed by atoms with van der Waals surface area (Å²) < 4.78 is 0. The van der Waals surface area contributed by atoms with Crippen molar-refractivity contribution in [2.45, 2.75) is 12.5 Å². The Balaban J connectivity index is -0.0000000533. The van der Waals surface area contributed by atoms with Crippen molar-refractivity contribution in [2.24, 2.45) is 0 Å². The van der Waals surface area contributed by atoms with E-state index in [1.807, 2.05) is 0 Å². The number of carboxylic acid groups (broad SMARTS) is 1. The van der Waals surface area contributed by atoms with Crippen molar-refractivity contribution < 1.29 is 95.5 Å². The van der Waals surface area contributed by atoms with Gasteiger partial charge in [0.05, 0.1) is 6.42 Å². The van der Waals surface area contributed by atoms with Gasteiger partial charge in [0.1, 0.15) is 6.10 Å². The summed E-state index contributed by atoms with van der Waals surface area (Å²) in [6, 6.07) is 0. The van der Waals surface area contributed by atoms with E-state index in [1.165, 1.54) is 0 Å². The molecule has 1 unspecified atom stereocenters. The van der Waals surface area contributed by atoms with Gasteiger partial charge in [0, 0.05) is 44.8 Å². The van der Waals surface area contributed by atoms with Gasteiger partial charge in [0.15, 0.2) is 0 Å². The molecule has 0 aromatic heterocycles. The SMILES string of the molecule is O=C(O)CC(O)C(=O)S.[Au].[Au].[H-].[Na+]. The quantitative estimate of drug-likeness (QED) is 0.243. The summed E-state index contributed by atoms with van der Waals surface area (Å²) in [5.41, 5.74) is 0. The molecule has 0 aromatic rings. The van der Waals surface area contributed by atoms with Crippen LogP contribution in [0.2, 0.25) is 0 Å². The topological polar surface area (TPSA) is 74.6 Å². The second kappa shape index (κ2) is 12.9. The van der Waals surface area contributed by atoms with E-state index < -0.39 is 23.6 Å². The first-order valence-corrected chi connectivity index (χ1v) is 2.61. The van der Waals surface area contributed by atoms with Crippen LogP contribution in [0.25, 0.3) is 0 Å². The van der Waals surface area contributed by atoms with Crippen molar-refractivity contribution in [2.75, 3.05) is 0 Å². The Morgan fingerprint density at radius 1 is 1.42 bits per heavy atom. The van der Waals surface area contributed by atoms with Crippen LogP contribution in [0.15, 0.2) is 0 Å². The van der Waals surface area contributed by atoms with Gasteiger partial charge in [-0.1, -0.05) is 0 Å². The second-order valence-electron chi connectivity index (χ2n) is 1.45. The molecular weight excluding hydrogens is 561 g/mol. The van der Waals surface area contributed by atoms with Gasteiger partial charge in [-0.2, -0.15) is 0 Å². The number of hydrogen-bond acceptors (Lipinski definition) is 3. The Morgan fingerprint density at radius 3 is 1.83 bits per heavy atom. The number of rotatable bonds is 3. The zero-order valence-electron chi connectivity index (χ0n) is 7.05. The predicted molar refractivity (Wildman–Crippen MR) is 33.4 cm³/mol. The summed E-state index contributed by atoms with van der Waals surface area (Å²) in [6.45, 7) is 0. The molecule has 4 nitrogen and oxygen atoms in total. The van der Waals surface area contributed by atoms with Gasteiger partial charge in [0.25, 0.3) is 0 Å². The fourth-order valence-electron chi connectivity index (χ4n) is 0.253. The zero-order chi connectivity index (χ0) is 7.44. The van der Waals surface area contributed by atoms with E-state index in [4.69, 9.17) is 10.2 Å². The van der Waals surface area contributed by atoms with E-state index in [0.29, 0.717) is 0 Å². The normalized spacial score (nSPS) is 9.50. The van der Waals surface area contributed by atoms with Crippen molar-refractivity contribution in [1.29, 1.82) is 0 Å². The number of aliphatic carboxylic acids is 1. The Kier molecular flexibility index (Phi) is 25.5. The maximum atomic E-state index is 10.0. The summed E-state index contributed by atoms with van der Waals surface area (Å²) >= 11 is 3.22. The molecule has 0 aliphatic heterocycles. The molecule has 0 heterocycles. The van der Waals surface area contributed by atoms with Crippen molar-refractivity contribution in [3.8, 4) is 0 Å². The third-order valence-electron chi connectivity index (χ3n) is 0.653. The first-order chi connectivity index (χ1) is 4.04. The molecule has 76 valence electrons. The summed E-state index contributed by atoms with van der Waals surface area (Å²) in [6.07, 6.45) is -2.06. The Labute approximate surface area is 130 Å². The fourth-order valence-corrected chi connectivity index (χ4v) is 0.344. The van der Waals surface area contributed by atoms with Gasteiger partial charge < -0.3 is 11.6 Å². The average Bonchev–Trinajstić information content (AvgIpc) is 1.63. The molecule has 0 rings (SSSR count). The van der Waals surface area contributed by atoms with E-state index in [1.54, 1.807) is 0 Å². The minimum atomic E-state index is -1.48. The van der Waals surface area contributed by atoms with E-state index in [0.717, 1.165) is 0 Å². The molecule has 0 fully saturated rings. The number of aliphatic hydroxyl groups excluding tert-OH is 1. The summed E-state index contributed by atoms with van der Waals surface area (Å²) in [5.74, 6) is -1.22. The molecule has 0 aromatic carbocycles. The maximum absolute atomic E-state index is 10.0.